The van der Waals surface area contributed by atoms with Crippen LogP contribution in [-0.2, 0) is 7.05 Å². The van der Waals surface area contributed by atoms with Gasteiger partial charge in [0, 0.05) is 24.2 Å². The summed E-state index contributed by atoms with van der Waals surface area (Å²) < 4.78 is 35.6. The third kappa shape index (κ3) is 2.07. The Kier molecular flexibility index (Phi) is 3.24. The molecule has 0 saturated carbocycles. The molecule has 0 fully saturated rings. The van der Waals surface area contributed by atoms with Crippen LogP contribution in [0.3, 0.4) is 0 Å². The highest BCUT2D eigenvalue weighted by Crippen LogP contribution is 2.34. The number of imidazole rings is 1. The van der Waals surface area contributed by atoms with Crippen LogP contribution in [0.15, 0.2) is 24.5 Å². The van der Waals surface area contributed by atoms with E-state index in [1.54, 1.807) is 37.6 Å². The summed E-state index contributed by atoms with van der Waals surface area (Å²) in [5, 5.41) is 0. The normalized spacial score (nSPS) is 11.1. The Morgan fingerprint density at radius 1 is 1.09 bits per heavy atom. The molecule has 0 amide bonds. The number of nitrogens with zero attached hydrogens (tertiary/aromatic N) is 2. The summed E-state index contributed by atoms with van der Waals surface area (Å²) in [6.07, 6.45) is 1.53. The second kappa shape index (κ2) is 4.98. The Hall–Kier alpha value is -2.63. The topological polar surface area (TPSA) is 53.1 Å². The summed E-state index contributed by atoms with van der Waals surface area (Å²) in [6, 6.07) is 4.62. The first-order chi connectivity index (χ1) is 10.4. The van der Waals surface area contributed by atoms with Crippen LogP contribution < -0.4 is 10.5 Å². The Balaban J connectivity index is 2.12. The zero-order valence-corrected chi connectivity index (χ0v) is 12.4. The van der Waals surface area contributed by atoms with Crippen LogP contribution in [0, 0.1) is 25.5 Å². The van der Waals surface area contributed by atoms with Gasteiger partial charge >= 0.3 is 0 Å². The Bertz CT molecular complexity index is 887. The van der Waals surface area contributed by atoms with Crippen molar-refractivity contribution in [3.63, 3.8) is 0 Å². The van der Waals surface area contributed by atoms with E-state index in [1.165, 1.54) is 12.4 Å². The first kappa shape index (κ1) is 14.3. The minimum absolute atomic E-state index is 0.0490. The van der Waals surface area contributed by atoms with Crippen LogP contribution in [0.25, 0.3) is 11.0 Å². The van der Waals surface area contributed by atoms with Gasteiger partial charge in [-0.15, -0.1) is 0 Å². The highest BCUT2D eigenvalue weighted by molar-refractivity contribution is 5.79. The molecular formula is C16H15F2N3O. The average Bonchev–Trinajstić information content (AvgIpc) is 2.86. The van der Waals surface area contributed by atoms with Crippen LogP contribution in [0.4, 0.5) is 14.5 Å². The van der Waals surface area contributed by atoms with E-state index in [1.807, 2.05) is 0 Å². The number of benzene rings is 2. The second-order valence-corrected chi connectivity index (χ2v) is 5.23. The largest absolute Gasteiger partial charge is 0.457 e. The molecule has 3 aromatic rings. The maximum Gasteiger partial charge on any atom is 0.155 e. The molecule has 0 spiro atoms. The van der Waals surface area contributed by atoms with Crippen LogP contribution >= 0.6 is 0 Å². The number of fused-ring (bicyclic) bond motifs is 1. The molecule has 3 rings (SSSR count). The van der Waals surface area contributed by atoms with Crippen molar-refractivity contribution in [2.24, 2.45) is 7.05 Å². The van der Waals surface area contributed by atoms with Gasteiger partial charge in [-0.2, -0.15) is 0 Å². The zero-order chi connectivity index (χ0) is 16.0. The summed E-state index contributed by atoms with van der Waals surface area (Å²) in [4.78, 5) is 4.13. The smallest absolute Gasteiger partial charge is 0.155 e. The molecule has 0 aliphatic heterocycles. The molecule has 2 N–H and O–H groups in total. The number of hydrogen-bond donors (Lipinski definition) is 1. The van der Waals surface area contributed by atoms with Crippen molar-refractivity contribution in [2.45, 2.75) is 13.8 Å². The van der Waals surface area contributed by atoms with E-state index in [9.17, 15) is 8.78 Å². The molecule has 0 aliphatic carbocycles. The van der Waals surface area contributed by atoms with Crippen LogP contribution in [0.1, 0.15) is 11.1 Å². The molecule has 4 nitrogen and oxygen atoms in total. The van der Waals surface area contributed by atoms with Crippen molar-refractivity contribution in [3.05, 3.63) is 47.3 Å². The molecule has 0 aliphatic rings. The molecular weight excluding hydrogens is 288 g/mol. The van der Waals surface area contributed by atoms with E-state index >= 15 is 0 Å². The molecule has 0 bridgehead atoms. The van der Waals surface area contributed by atoms with Gasteiger partial charge in [-0.1, -0.05) is 0 Å². The van der Waals surface area contributed by atoms with E-state index in [2.05, 4.69) is 4.98 Å². The van der Waals surface area contributed by atoms with Gasteiger partial charge in [0.25, 0.3) is 0 Å². The molecule has 2 aromatic carbocycles. The van der Waals surface area contributed by atoms with E-state index in [0.717, 1.165) is 0 Å². The summed E-state index contributed by atoms with van der Waals surface area (Å²) in [6.45, 7) is 3.17. The van der Waals surface area contributed by atoms with Crippen molar-refractivity contribution in [3.8, 4) is 11.5 Å². The van der Waals surface area contributed by atoms with Gasteiger partial charge in [0.05, 0.1) is 17.5 Å². The fourth-order valence-corrected chi connectivity index (χ4v) is 2.36. The molecule has 114 valence electrons. The number of halogens is 2. The Morgan fingerprint density at radius 3 is 2.50 bits per heavy atom. The van der Waals surface area contributed by atoms with Crippen molar-refractivity contribution < 1.29 is 13.5 Å². The Morgan fingerprint density at radius 2 is 1.77 bits per heavy atom. The minimum atomic E-state index is -0.533. The lowest BCUT2D eigenvalue weighted by Crippen LogP contribution is -1.99. The lowest BCUT2D eigenvalue weighted by molar-refractivity contribution is 0.463. The van der Waals surface area contributed by atoms with E-state index < -0.39 is 11.6 Å². The number of nitrogens with two attached hydrogens (primary N) is 1. The first-order valence-corrected chi connectivity index (χ1v) is 6.72. The van der Waals surface area contributed by atoms with Crippen molar-refractivity contribution in [1.29, 1.82) is 0 Å². The van der Waals surface area contributed by atoms with Gasteiger partial charge in [-0.05, 0) is 26.0 Å². The van der Waals surface area contributed by atoms with E-state index in [-0.39, 0.29) is 11.3 Å². The standard InChI is InChI=1S/C16H15F2N3O/c1-8-12(5-4-10(19)14(8)17)22-13-6-11-16(15(18)9(13)2)21(3)7-20-11/h4-7H,19H2,1-3H3. The van der Waals surface area contributed by atoms with E-state index in [0.29, 0.717) is 28.1 Å². The zero-order valence-electron chi connectivity index (χ0n) is 12.4. The van der Waals surface area contributed by atoms with Gasteiger partial charge in [-0.25, -0.2) is 13.8 Å². The molecule has 0 radical (unpaired) electrons. The van der Waals surface area contributed by atoms with Crippen LogP contribution in [-0.4, -0.2) is 9.55 Å². The van der Waals surface area contributed by atoms with Crippen LogP contribution in [0.5, 0.6) is 11.5 Å². The molecule has 1 aromatic heterocycles. The number of anilines is 1. The molecule has 6 heteroatoms. The van der Waals surface area contributed by atoms with Crippen molar-refractivity contribution in [1.82, 2.24) is 9.55 Å². The molecule has 1 heterocycles. The fourth-order valence-electron chi connectivity index (χ4n) is 2.36. The number of nitrogen functional groups attached to an aromatic ring is 1. The Labute approximate surface area is 126 Å². The minimum Gasteiger partial charge on any atom is -0.457 e. The van der Waals surface area contributed by atoms with Gasteiger partial charge in [0.15, 0.2) is 11.6 Å². The summed E-state index contributed by atoms with van der Waals surface area (Å²) in [7, 11) is 1.72. The lowest BCUT2D eigenvalue weighted by Gasteiger charge is -2.13. The predicted octanol–water partition coefficient (Wildman–Crippen LogP) is 3.84. The number of hydrogen-bond acceptors (Lipinski definition) is 3. The van der Waals surface area contributed by atoms with Crippen molar-refractivity contribution in [2.75, 3.05) is 5.73 Å². The third-order valence-electron chi connectivity index (χ3n) is 3.73. The molecule has 0 atom stereocenters. The monoisotopic (exact) mass is 303 g/mol. The summed E-state index contributed by atoms with van der Waals surface area (Å²) >= 11 is 0. The van der Waals surface area contributed by atoms with Gasteiger partial charge in [0.2, 0.25) is 0 Å². The van der Waals surface area contributed by atoms with Crippen molar-refractivity contribution >= 4 is 16.7 Å². The van der Waals surface area contributed by atoms with Gasteiger partial charge in [-0.3, -0.25) is 0 Å². The van der Waals surface area contributed by atoms with Gasteiger partial charge < -0.3 is 15.0 Å². The maximum absolute atomic E-state index is 14.5. The number of aromatic nitrogens is 2. The second-order valence-electron chi connectivity index (χ2n) is 5.23. The number of ether oxygens (including phenoxy) is 1. The highest BCUT2D eigenvalue weighted by Gasteiger charge is 2.17. The third-order valence-corrected chi connectivity index (χ3v) is 3.73. The number of aryl methyl sites for hydroxylation is 1. The summed E-state index contributed by atoms with van der Waals surface area (Å²) in [5.41, 5.74) is 7.07. The SMILES string of the molecule is Cc1c(Oc2cc3ncn(C)c3c(F)c2C)ccc(N)c1F. The first-order valence-electron chi connectivity index (χ1n) is 6.72. The quantitative estimate of drug-likeness (QED) is 0.732. The highest BCUT2D eigenvalue weighted by atomic mass is 19.1. The summed E-state index contributed by atoms with van der Waals surface area (Å²) in [5.74, 6) is -0.337. The average molecular weight is 303 g/mol. The molecule has 22 heavy (non-hydrogen) atoms. The fraction of sp³-hybridized carbons (Fsp3) is 0.188. The molecule has 0 saturated heterocycles. The van der Waals surface area contributed by atoms with Gasteiger partial charge in [0.1, 0.15) is 17.0 Å². The van der Waals surface area contributed by atoms with Crippen LogP contribution in [0.2, 0.25) is 0 Å². The predicted molar refractivity (Wildman–Crippen MR) is 81.0 cm³/mol. The molecule has 0 unspecified atom stereocenters. The van der Waals surface area contributed by atoms with E-state index in [4.69, 9.17) is 10.5 Å². The maximum atomic E-state index is 14.5. The lowest BCUT2D eigenvalue weighted by atomic mass is 10.1. The number of rotatable bonds is 2.